The molecule has 0 saturated heterocycles. The van der Waals surface area contributed by atoms with Gasteiger partial charge in [-0.15, -0.1) is 0 Å². The number of oxime groups is 1. The Kier molecular flexibility index (Phi) is 8.96. The molecule has 6 heteroatoms. The van der Waals surface area contributed by atoms with Crippen molar-refractivity contribution >= 4 is 11.7 Å². The highest BCUT2D eigenvalue weighted by molar-refractivity contribution is 6.06. The molecule has 0 fully saturated rings. The highest BCUT2D eigenvalue weighted by Gasteiger charge is 2.39. The van der Waals surface area contributed by atoms with E-state index >= 15 is 0 Å². The zero-order chi connectivity index (χ0) is 15.6. The molecule has 0 aromatic carbocycles. The van der Waals surface area contributed by atoms with Crippen molar-refractivity contribution in [1.82, 2.24) is 5.32 Å². The molecule has 0 aliphatic carbocycles. The Morgan fingerprint density at radius 3 is 2.40 bits per heavy atom. The van der Waals surface area contributed by atoms with Crippen LogP contribution in [0, 0.1) is 5.41 Å². The number of amidine groups is 1. The third-order valence-corrected chi connectivity index (χ3v) is 3.55. The van der Waals surface area contributed by atoms with Crippen LogP contribution in [0.15, 0.2) is 5.16 Å². The quantitative estimate of drug-likeness (QED) is 0.188. The zero-order valence-electron chi connectivity index (χ0n) is 13.1. The number of nitrogens with one attached hydrogen (secondary N) is 1. The topological polar surface area (TPSA) is 96.9 Å². The van der Waals surface area contributed by atoms with E-state index in [1.54, 1.807) is 0 Å². The molecule has 0 aliphatic rings. The smallest absolute Gasteiger partial charge is 0.233 e. The summed E-state index contributed by atoms with van der Waals surface area (Å²) in [5, 5.41) is 14.7. The summed E-state index contributed by atoms with van der Waals surface area (Å²) < 4.78 is 5.43. The fourth-order valence-corrected chi connectivity index (χ4v) is 2.06. The first kappa shape index (κ1) is 18.7. The van der Waals surface area contributed by atoms with Crippen molar-refractivity contribution in [2.24, 2.45) is 16.3 Å². The summed E-state index contributed by atoms with van der Waals surface area (Å²) in [5.41, 5.74) is 4.77. The molecule has 1 amide bonds. The lowest BCUT2D eigenvalue weighted by Gasteiger charge is -2.28. The van der Waals surface area contributed by atoms with Gasteiger partial charge in [-0.2, -0.15) is 0 Å². The summed E-state index contributed by atoms with van der Waals surface area (Å²) in [6, 6.07) is 0. The summed E-state index contributed by atoms with van der Waals surface area (Å²) in [6.07, 6.45) is 2.98. The molecule has 118 valence electrons. The minimum absolute atomic E-state index is 0.0249. The first-order chi connectivity index (χ1) is 9.44. The lowest BCUT2D eigenvalue weighted by molar-refractivity contribution is -0.128. The average Bonchev–Trinajstić information content (AvgIpc) is 2.43. The number of nitrogens with zero attached hydrogens (tertiary/aromatic N) is 1. The number of rotatable bonds is 10. The molecule has 0 aliphatic heterocycles. The molecule has 0 atom stereocenters. The lowest BCUT2D eigenvalue weighted by atomic mass is 9.80. The Hall–Kier alpha value is -1.30. The molecule has 4 N–H and O–H groups in total. The minimum atomic E-state index is -0.914. The van der Waals surface area contributed by atoms with E-state index in [9.17, 15) is 4.79 Å². The number of carbonyl (C=O) groups excluding carboxylic acids is 1. The molecule has 0 rings (SSSR count). The molecule has 0 saturated carbocycles. The lowest BCUT2D eigenvalue weighted by Crippen LogP contribution is -2.49. The summed E-state index contributed by atoms with van der Waals surface area (Å²) in [5.74, 6) is -0.203. The Balaban J connectivity index is 4.23. The zero-order valence-corrected chi connectivity index (χ0v) is 13.1. The van der Waals surface area contributed by atoms with Gasteiger partial charge in [0.05, 0.1) is 6.10 Å². The predicted molar refractivity (Wildman–Crippen MR) is 79.8 cm³/mol. The van der Waals surface area contributed by atoms with Crippen molar-refractivity contribution in [3.8, 4) is 0 Å². The maximum atomic E-state index is 12.3. The Morgan fingerprint density at radius 2 is 1.95 bits per heavy atom. The van der Waals surface area contributed by atoms with Crippen molar-refractivity contribution in [2.45, 2.75) is 59.5 Å². The van der Waals surface area contributed by atoms with Gasteiger partial charge in [-0.3, -0.25) is 4.79 Å². The van der Waals surface area contributed by atoms with Crippen LogP contribution >= 0.6 is 0 Å². The standard InChI is InChI=1S/C14H29N3O3/c1-5-14(6-2,12(15)17-19)13(18)16-9-7-8-10-20-11(3)4/h11,19H,5-10H2,1-4H3,(H2,15,17)(H,16,18). The van der Waals surface area contributed by atoms with Crippen LogP contribution in [0.3, 0.4) is 0 Å². The van der Waals surface area contributed by atoms with Crippen LogP contribution in [0.5, 0.6) is 0 Å². The fourth-order valence-electron chi connectivity index (χ4n) is 2.06. The number of nitrogens with two attached hydrogens (primary N) is 1. The third kappa shape index (κ3) is 5.36. The van der Waals surface area contributed by atoms with E-state index in [0.29, 0.717) is 26.0 Å². The van der Waals surface area contributed by atoms with Crippen molar-refractivity contribution in [3.05, 3.63) is 0 Å². The van der Waals surface area contributed by atoms with Crippen LogP contribution in [0.25, 0.3) is 0 Å². The Morgan fingerprint density at radius 1 is 1.35 bits per heavy atom. The summed E-state index contributed by atoms with van der Waals surface area (Å²) in [6.45, 7) is 8.97. The van der Waals surface area contributed by atoms with E-state index in [2.05, 4.69) is 10.5 Å². The summed E-state index contributed by atoms with van der Waals surface area (Å²) in [7, 11) is 0. The number of unbranched alkanes of at least 4 members (excludes halogenated alkanes) is 1. The molecule has 20 heavy (non-hydrogen) atoms. The minimum Gasteiger partial charge on any atom is -0.409 e. The van der Waals surface area contributed by atoms with E-state index in [0.717, 1.165) is 12.8 Å². The van der Waals surface area contributed by atoms with E-state index in [1.165, 1.54) is 0 Å². The first-order valence-corrected chi connectivity index (χ1v) is 7.32. The monoisotopic (exact) mass is 287 g/mol. The van der Waals surface area contributed by atoms with Gasteiger partial charge in [-0.05, 0) is 39.5 Å². The predicted octanol–water partition coefficient (Wildman–Crippen LogP) is 1.86. The SMILES string of the molecule is CCC(CC)(C(=O)NCCCCOC(C)C)C(N)=NO. The molecule has 0 heterocycles. The van der Waals surface area contributed by atoms with Crippen LogP contribution in [0.2, 0.25) is 0 Å². The van der Waals surface area contributed by atoms with Crippen LogP contribution < -0.4 is 11.1 Å². The number of amides is 1. The van der Waals surface area contributed by atoms with Gasteiger partial charge in [0.1, 0.15) is 5.41 Å². The number of carbonyl (C=O) groups is 1. The van der Waals surface area contributed by atoms with Gasteiger partial charge < -0.3 is 21.0 Å². The molecule has 0 aromatic heterocycles. The van der Waals surface area contributed by atoms with E-state index < -0.39 is 5.41 Å². The highest BCUT2D eigenvalue weighted by Crippen LogP contribution is 2.26. The second kappa shape index (κ2) is 9.58. The van der Waals surface area contributed by atoms with E-state index in [4.69, 9.17) is 15.7 Å². The van der Waals surface area contributed by atoms with Gasteiger partial charge in [0, 0.05) is 13.2 Å². The third-order valence-electron chi connectivity index (χ3n) is 3.55. The van der Waals surface area contributed by atoms with Gasteiger partial charge in [0.2, 0.25) is 5.91 Å². The summed E-state index contributed by atoms with van der Waals surface area (Å²) in [4.78, 5) is 12.3. The fraction of sp³-hybridized carbons (Fsp3) is 0.857. The highest BCUT2D eigenvalue weighted by atomic mass is 16.5. The van der Waals surface area contributed by atoms with E-state index in [-0.39, 0.29) is 17.8 Å². The van der Waals surface area contributed by atoms with Crippen LogP contribution in [0.4, 0.5) is 0 Å². The Labute approximate surface area is 121 Å². The van der Waals surface area contributed by atoms with Crippen LogP contribution in [0.1, 0.15) is 53.4 Å². The number of ether oxygens (including phenoxy) is 1. The Bertz CT molecular complexity index is 313. The molecule has 6 nitrogen and oxygen atoms in total. The van der Waals surface area contributed by atoms with Crippen LogP contribution in [-0.4, -0.2) is 36.2 Å². The molecule has 0 bridgehead atoms. The van der Waals surface area contributed by atoms with Crippen LogP contribution in [-0.2, 0) is 9.53 Å². The second-order valence-corrected chi connectivity index (χ2v) is 5.16. The van der Waals surface area contributed by atoms with Crippen molar-refractivity contribution in [1.29, 1.82) is 0 Å². The number of hydrogen-bond acceptors (Lipinski definition) is 4. The van der Waals surface area contributed by atoms with Gasteiger partial charge in [0.25, 0.3) is 0 Å². The van der Waals surface area contributed by atoms with E-state index in [1.807, 2.05) is 27.7 Å². The van der Waals surface area contributed by atoms with Gasteiger partial charge >= 0.3 is 0 Å². The molecule has 0 radical (unpaired) electrons. The maximum absolute atomic E-state index is 12.3. The molecule has 0 aromatic rings. The van der Waals surface area contributed by atoms with Gasteiger partial charge in [-0.1, -0.05) is 19.0 Å². The van der Waals surface area contributed by atoms with Crippen molar-refractivity contribution < 1.29 is 14.7 Å². The number of hydrogen-bond donors (Lipinski definition) is 3. The van der Waals surface area contributed by atoms with Crippen molar-refractivity contribution in [2.75, 3.05) is 13.2 Å². The second-order valence-electron chi connectivity index (χ2n) is 5.16. The van der Waals surface area contributed by atoms with Gasteiger partial charge in [-0.25, -0.2) is 0 Å². The molecule has 0 unspecified atom stereocenters. The molecular weight excluding hydrogens is 258 g/mol. The average molecular weight is 287 g/mol. The summed E-state index contributed by atoms with van der Waals surface area (Å²) >= 11 is 0. The van der Waals surface area contributed by atoms with Gasteiger partial charge in [0.15, 0.2) is 5.84 Å². The first-order valence-electron chi connectivity index (χ1n) is 7.32. The molecular formula is C14H29N3O3. The normalized spacial score (nSPS) is 12.8. The maximum Gasteiger partial charge on any atom is 0.233 e. The van der Waals surface area contributed by atoms with Crippen molar-refractivity contribution in [3.63, 3.8) is 0 Å². The molecule has 0 spiro atoms. The largest absolute Gasteiger partial charge is 0.409 e.